The zero-order chi connectivity index (χ0) is 15.4. The highest BCUT2D eigenvalue weighted by atomic mass is 16.5. The minimum Gasteiger partial charge on any atom is -0.497 e. The van der Waals surface area contributed by atoms with Crippen LogP contribution in [-0.2, 0) is 9.53 Å². The summed E-state index contributed by atoms with van der Waals surface area (Å²) in [6.45, 7) is 7.06. The van der Waals surface area contributed by atoms with E-state index < -0.39 is 0 Å². The lowest BCUT2D eigenvalue weighted by Gasteiger charge is -2.27. The van der Waals surface area contributed by atoms with Crippen LogP contribution in [0.3, 0.4) is 0 Å². The van der Waals surface area contributed by atoms with Gasteiger partial charge in [0.1, 0.15) is 11.9 Å². The molecule has 1 saturated heterocycles. The van der Waals surface area contributed by atoms with Gasteiger partial charge in [-0.25, -0.2) is 0 Å². The van der Waals surface area contributed by atoms with E-state index >= 15 is 0 Å². The first-order chi connectivity index (χ1) is 10.1. The lowest BCUT2D eigenvalue weighted by atomic mass is 10.1. The summed E-state index contributed by atoms with van der Waals surface area (Å²) in [5, 5.41) is 3.33. The fourth-order valence-electron chi connectivity index (χ4n) is 2.67. The number of rotatable bonds is 6. The maximum absolute atomic E-state index is 12.4. The molecule has 1 aliphatic heterocycles. The van der Waals surface area contributed by atoms with E-state index in [-0.39, 0.29) is 24.2 Å². The van der Waals surface area contributed by atoms with Crippen LogP contribution < -0.4 is 10.1 Å². The van der Waals surface area contributed by atoms with Crippen LogP contribution in [0.4, 0.5) is 0 Å². The number of methoxy groups -OCH3 is 1. The Balaban J connectivity index is 2.20. The van der Waals surface area contributed by atoms with Crippen LogP contribution in [0.5, 0.6) is 5.75 Å². The fourth-order valence-corrected chi connectivity index (χ4v) is 2.67. The van der Waals surface area contributed by atoms with Crippen LogP contribution in [0.15, 0.2) is 24.3 Å². The van der Waals surface area contributed by atoms with Gasteiger partial charge in [-0.05, 0) is 38.5 Å². The molecule has 1 N–H and O–H groups in total. The van der Waals surface area contributed by atoms with Crippen molar-refractivity contribution in [1.29, 1.82) is 0 Å². The first kappa shape index (κ1) is 15.8. The molecule has 0 aromatic heterocycles. The predicted octanol–water partition coefficient (Wildman–Crippen LogP) is 1.94. The van der Waals surface area contributed by atoms with Crippen LogP contribution in [0.25, 0.3) is 0 Å². The summed E-state index contributed by atoms with van der Waals surface area (Å²) >= 11 is 0. The van der Waals surface area contributed by atoms with Crippen molar-refractivity contribution >= 4 is 5.91 Å². The monoisotopic (exact) mass is 292 g/mol. The number of ether oxygens (including phenoxy) is 2. The Morgan fingerprint density at radius 3 is 2.86 bits per heavy atom. The quantitative estimate of drug-likeness (QED) is 0.870. The van der Waals surface area contributed by atoms with Crippen LogP contribution in [0, 0.1) is 0 Å². The molecule has 1 fully saturated rings. The highest BCUT2D eigenvalue weighted by Gasteiger charge is 2.37. The van der Waals surface area contributed by atoms with E-state index in [0.717, 1.165) is 11.3 Å². The number of hydrogen-bond acceptors (Lipinski definition) is 4. The molecule has 0 spiro atoms. The van der Waals surface area contributed by atoms with E-state index in [4.69, 9.17) is 9.47 Å². The van der Waals surface area contributed by atoms with Crippen LogP contribution in [-0.4, -0.2) is 43.2 Å². The molecule has 3 unspecified atom stereocenters. The number of nitrogens with one attached hydrogen (secondary N) is 1. The fraction of sp³-hybridized carbons (Fsp3) is 0.562. The molecule has 1 aromatic carbocycles. The first-order valence-electron chi connectivity index (χ1n) is 7.39. The van der Waals surface area contributed by atoms with Gasteiger partial charge in [0.2, 0.25) is 5.91 Å². The average Bonchev–Trinajstić information content (AvgIpc) is 2.76. The van der Waals surface area contributed by atoms with E-state index in [1.807, 2.05) is 49.9 Å². The second-order valence-electron chi connectivity index (χ2n) is 5.32. The highest BCUT2D eigenvalue weighted by molar-refractivity contribution is 5.84. The highest BCUT2D eigenvalue weighted by Crippen LogP contribution is 2.28. The van der Waals surface area contributed by atoms with Crippen LogP contribution >= 0.6 is 0 Å². The van der Waals surface area contributed by atoms with Crippen molar-refractivity contribution in [3.8, 4) is 5.75 Å². The molecule has 0 saturated carbocycles. The van der Waals surface area contributed by atoms with Gasteiger partial charge in [0.25, 0.3) is 0 Å². The lowest BCUT2D eigenvalue weighted by Crippen LogP contribution is -2.37. The molecular formula is C16H24N2O3. The summed E-state index contributed by atoms with van der Waals surface area (Å²) in [7, 11) is 1.64. The van der Waals surface area contributed by atoms with Gasteiger partial charge in [0.15, 0.2) is 0 Å². The van der Waals surface area contributed by atoms with E-state index in [9.17, 15) is 4.79 Å². The van der Waals surface area contributed by atoms with Gasteiger partial charge in [-0.2, -0.15) is 0 Å². The van der Waals surface area contributed by atoms with Gasteiger partial charge in [-0.1, -0.05) is 12.1 Å². The molecular weight excluding hydrogens is 268 g/mol. The smallest absolute Gasteiger partial charge is 0.241 e. The van der Waals surface area contributed by atoms with Crippen LogP contribution in [0.1, 0.15) is 32.5 Å². The average molecular weight is 292 g/mol. The zero-order valence-corrected chi connectivity index (χ0v) is 13.1. The Bertz CT molecular complexity index is 492. The Kier molecular flexibility index (Phi) is 5.20. The third-order valence-electron chi connectivity index (χ3n) is 3.69. The van der Waals surface area contributed by atoms with E-state index in [0.29, 0.717) is 13.2 Å². The van der Waals surface area contributed by atoms with E-state index in [2.05, 4.69) is 5.32 Å². The van der Waals surface area contributed by atoms with Gasteiger partial charge in [0.05, 0.1) is 19.3 Å². The normalized spacial score (nSPS) is 23.4. The number of carbonyl (C=O) groups is 1. The van der Waals surface area contributed by atoms with E-state index in [1.54, 1.807) is 7.11 Å². The minimum absolute atomic E-state index is 0.0131. The lowest BCUT2D eigenvalue weighted by molar-refractivity contribution is -0.131. The number of nitrogens with zero attached hydrogens (tertiary/aromatic N) is 1. The summed E-state index contributed by atoms with van der Waals surface area (Å²) in [6, 6.07) is 7.62. The molecule has 1 amide bonds. The minimum atomic E-state index is -0.185. The Morgan fingerprint density at radius 2 is 2.19 bits per heavy atom. The molecule has 0 radical (unpaired) electrons. The molecule has 116 valence electrons. The second kappa shape index (κ2) is 6.91. The molecule has 1 aromatic rings. The third-order valence-corrected chi connectivity index (χ3v) is 3.69. The molecule has 5 nitrogen and oxygen atoms in total. The summed E-state index contributed by atoms with van der Waals surface area (Å²) in [5.41, 5.74) is 1.02. The molecule has 21 heavy (non-hydrogen) atoms. The molecule has 1 heterocycles. The summed E-state index contributed by atoms with van der Waals surface area (Å²) in [6.07, 6.45) is -0.121. The Morgan fingerprint density at radius 1 is 1.43 bits per heavy atom. The molecule has 5 heteroatoms. The van der Waals surface area contributed by atoms with Crippen molar-refractivity contribution in [1.82, 2.24) is 10.2 Å². The predicted molar refractivity (Wildman–Crippen MR) is 81.1 cm³/mol. The molecule has 2 rings (SSSR count). The summed E-state index contributed by atoms with van der Waals surface area (Å²) in [4.78, 5) is 14.2. The van der Waals surface area contributed by atoms with Crippen molar-refractivity contribution in [3.63, 3.8) is 0 Å². The number of benzene rings is 1. The van der Waals surface area contributed by atoms with Crippen molar-refractivity contribution in [2.75, 3.05) is 20.3 Å². The van der Waals surface area contributed by atoms with Crippen molar-refractivity contribution in [2.24, 2.45) is 0 Å². The standard InChI is InChI=1S/C16H24N2O3/c1-5-21-11(2)10-18-15(17-12(3)16(18)19)13-7-6-8-14(9-13)20-4/h6-9,11-12,15,17H,5,10H2,1-4H3. The third kappa shape index (κ3) is 3.54. The largest absolute Gasteiger partial charge is 0.497 e. The van der Waals surface area contributed by atoms with E-state index in [1.165, 1.54) is 0 Å². The van der Waals surface area contributed by atoms with Gasteiger partial charge in [-0.15, -0.1) is 0 Å². The Hall–Kier alpha value is -1.59. The topological polar surface area (TPSA) is 50.8 Å². The van der Waals surface area contributed by atoms with Gasteiger partial charge >= 0.3 is 0 Å². The SMILES string of the molecule is CCOC(C)CN1C(=O)C(C)NC1c1cccc(OC)c1. The zero-order valence-electron chi connectivity index (χ0n) is 13.1. The maximum Gasteiger partial charge on any atom is 0.241 e. The molecule has 0 bridgehead atoms. The second-order valence-corrected chi connectivity index (χ2v) is 5.32. The number of carbonyl (C=O) groups excluding carboxylic acids is 1. The molecule has 3 atom stereocenters. The molecule has 0 aliphatic carbocycles. The summed E-state index contributed by atoms with van der Waals surface area (Å²) < 4.78 is 10.8. The van der Waals surface area contributed by atoms with Gasteiger partial charge in [-0.3, -0.25) is 10.1 Å². The van der Waals surface area contributed by atoms with Crippen molar-refractivity contribution in [2.45, 2.75) is 39.1 Å². The van der Waals surface area contributed by atoms with Gasteiger partial charge < -0.3 is 14.4 Å². The van der Waals surface area contributed by atoms with Crippen LogP contribution in [0.2, 0.25) is 0 Å². The number of hydrogen-bond donors (Lipinski definition) is 1. The molecule has 1 aliphatic rings. The Labute approximate surface area is 126 Å². The van der Waals surface area contributed by atoms with Gasteiger partial charge in [0, 0.05) is 13.2 Å². The summed E-state index contributed by atoms with van der Waals surface area (Å²) in [5.74, 6) is 0.897. The first-order valence-corrected chi connectivity index (χ1v) is 7.39. The van der Waals surface area contributed by atoms with Crippen molar-refractivity contribution < 1.29 is 14.3 Å². The van der Waals surface area contributed by atoms with Crippen molar-refractivity contribution in [3.05, 3.63) is 29.8 Å². The maximum atomic E-state index is 12.4. The number of amides is 1.